The lowest BCUT2D eigenvalue weighted by Gasteiger charge is -2.20. The lowest BCUT2D eigenvalue weighted by atomic mass is 10.2. The summed E-state index contributed by atoms with van der Waals surface area (Å²) in [7, 11) is 0. The normalized spacial score (nSPS) is 10.8. The highest BCUT2D eigenvalue weighted by Crippen LogP contribution is 2.18. The summed E-state index contributed by atoms with van der Waals surface area (Å²) in [6, 6.07) is 1.46. The Balaban J connectivity index is 2.84. The molecule has 1 amide bonds. The Hall–Kier alpha value is -1.62. The van der Waals surface area contributed by atoms with E-state index in [0.29, 0.717) is 11.3 Å². The quantitative estimate of drug-likeness (QED) is 0.630. The Labute approximate surface area is 105 Å². The molecule has 0 fully saturated rings. The number of anilines is 1. The second-order valence-electron chi connectivity index (χ2n) is 4.37. The van der Waals surface area contributed by atoms with Crippen LogP contribution in [0.2, 0.25) is 5.15 Å². The van der Waals surface area contributed by atoms with E-state index < -0.39 is 11.7 Å². The topological polar surface area (TPSA) is 75.1 Å². The number of halogens is 1. The van der Waals surface area contributed by atoms with E-state index >= 15 is 0 Å². The largest absolute Gasteiger partial charge is 0.444 e. The minimum atomic E-state index is -0.595. The molecule has 2 N–H and O–H groups in total. The molecule has 0 radical (unpaired) electrons. The molecule has 0 saturated heterocycles. The minimum Gasteiger partial charge on any atom is -0.444 e. The summed E-state index contributed by atoms with van der Waals surface area (Å²) in [5, 5.41) is 9.94. The Morgan fingerprint density at radius 1 is 1.59 bits per heavy atom. The van der Waals surface area contributed by atoms with Gasteiger partial charge < -0.3 is 10.1 Å². The van der Waals surface area contributed by atoms with Gasteiger partial charge >= 0.3 is 6.09 Å². The summed E-state index contributed by atoms with van der Waals surface area (Å²) in [4.78, 5) is 15.4. The number of ether oxygens (including phenoxy) is 1. The highest BCUT2D eigenvalue weighted by Gasteiger charge is 2.17. The number of nitrogens with one attached hydrogen (secondary N) is 2. The van der Waals surface area contributed by atoms with Gasteiger partial charge in [-0.15, -0.1) is 0 Å². The number of nitrogens with zero attached hydrogens (tertiary/aromatic N) is 1. The highest BCUT2D eigenvalue weighted by atomic mass is 35.5. The van der Waals surface area contributed by atoms with Gasteiger partial charge in [-0.3, -0.25) is 5.32 Å². The van der Waals surface area contributed by atoms with Crippen LogP contribution in [-0.2, 0) is 4.74 Å². The molecule has 92 valence electrons. The molecule has 17 heavy (non-hydrogen) atoms. The van der Waals surface area contributed by atoms with Crippen molar-refractivity contribution in [2.24, 2.45) is 0 Å². The highest BCUT2D eigenvalue weighted by molar-refractivity contribution is 6.29. The van der Waals surface area contributed by atoms with E-state index in [9.17, 15) is 4.79 Å². The zero-order valence-corrected chi connectivity index (χ0v) is 10.6. The van der Waals surface area contributed by atoms with Crippen molar-refractivity contribution in [1.29, 1.82) is 5.41 Å². The van der Waals surface area contributed by atoms with Crippen LogP contribution in [0.5, 0.6) is 0 Å². The van der Waals surface area contributed by atoms with Gasteiger partial charge in [0, 0.05) is 18.0 Å². The summed E-state index contributed by atoms with van der Waals surface area (Å²) < 4.78 is 5.09. The maximum Gasteiger partial charge on any atom is 0.412 e. The van der Waals surface area contributed by atoms with Crippen LogP contribution in [0.1, 0.15) is 26.3 Å². The molecular formula is C11H14ClN3O2. The molecule has 1 aromatic rings. The van der Waals surface area contributed by atoms with Crippen LogP contribution in [0.4, 0.5) is 10.5 Å². The number of hydrogen-bond donors (Lipinski definition) is 2. The van der Waals surface area contributed by atoms with Gasteiger partial charge in [-0.1, -0.05) is 11.6 Å². The van der Waals surface area contributed by atoms with Crippen LogP contribution in [0.25, 0.3) is 0 Å². The number of hydrogen-bond acceptors (Lipinski definition) is 4. The monoisotopic (exact) mass is 255 g/mol. The van der Waals surface area contributed by atoms with Gasteiger partial charge in [0.15, 0.2) is 0 Å². The summed E-state index contributed by atoms with van der Waals surface area (Å²) in [5.74, 6) is 0. The lowest BCUT2D eigenvalue weighted by molar-refractivity contribution is 0.0636. The molecule has 1 rings (SSSR count). The van der Waals surface area contributed by atoms with Crippen molar-refractivity contribution in [1.82, 2.24) is 4.98 Å². The van der Waals surface area contributed by atoms with Crippen molar-refractivity contribution >= 4 is 29.6 Å². The van der Waals surface area contributed by atoms with Crippen LogP contribution in [0.15, 0.2) is 12.3 Å². The zero-order valence-electron chi connectivity index (χ0n) is 9.87. The minimum absolute atomic E-state index is 0.238. The van der Waals surface area contributed by atoms with Crippen molar-refractivity contribution in [3.8, 4) is 0 Å². The molecule has 5 nitrogen and oxygen atoms in total. The Morgan fingerprint density at radius 2 is 2.24 bits per heavy atom. The van der Waals surface area contributed by atoms with E-state index in [0.717, 1.165) is 6.21 Å². The van der Waals surface area contributed by atoms with E-state index in [2.05, 4.69) is 10.3 Å². The van der Waals surface area contributed by atoms with Crippen molar-refractivity contribution in [3.63, 3.8) is 0 Å². The average Bonchev–Trinajstić information content (AvgIpc) is 2.14. The van der Waals surface area contributed by atoms with Crippen LogP contribution >= 0.6 is 11.6 Å². The third kappa shape index (κ3) is 4.40. The Kier molecular flexibility index (Phi) is 4.07. The van der Waals surface area contributed by atoms with Gasteiger partial charge in [0.25, 0.3) is 0 Å². The van der Waals surface area contributed by atoms with Crippen molar-refractivity contribution < 1.29 is 9.53 Å². The maximum absolute atomic E-state index is 11.5. The number of pyridine rings is 1. The van der Waals surface area contributed by atoms with Gasteiger partial charge in [0.1, 0.15) is 10.8 Å². The molecule has 0 spiro atoms. The van der Waals surface area contributed by atoms with Gasteiger partial charge in [-0.25, -0.2) is 9.78 Å². The number of aromatic nitrogens is 1. The third-order valence-electron chi connectivity index (χ3n) is 1.69. The molecular weight excluding hydrogens is 242 g/mol. The molecule has 0 saturated carbocycles. The number of amides is 1. The number of carbonyl (C=O) groups excluding carboxylic acids is 1. The summed E-state index contributed by atoms with van der Waals surface area (Å²) in [6.07, 6.45) is 1.89. The van der Waals surface area contributed by atoms with E-state index in [-0.39, 0.29) is 5.15 Å². The Morgan fingerprint density at radius 3 is 2.76 bits per heavy atom. The molecule has 0 aromatic carbocycles. The zero-order chi connectivity index (χ0) is 13.1. The van der Waals surface area contributed by atoms with Crippen LogP contribution in [-0.4, -0.2) is 22.9 Å². The first-order valence-corrected chi connectivity index (χ1v) is 5.35. The van der Waals surface area contributed by atoms with Crippen LogP contribution < -0.4 is 5.32 Å². The fourth-order valence-corrected chi connectivity index (χ4v) is 1.24. The third-order valence-corrected chi connectivity index (χ3v) is 1.90. The smallest absolute Gasteiger partial charge is 0.412 e. The maximum atomic E-state index is 11.5. The average molecular weight is 256 g/mol. The van der Waals surface area contributed by atoms with Gasteiger partial charge in [-0.05, 0) is 26.8 Å². The van der Waals surface area contributed by atoms with E-state index in [1.165, 1.54) is 12.3 Å². The van der Waals surface area contributed by atoms with E-state index in [1.54, 1.807) is 20.8 Å². The molecule has 1 heterocycles. The van der Waals surface area contributed by atoms with E-state index in [4.69, 9.17) is 21.7 Å². The fourth-order valence-electron chi connectivity index (χ4n) is 1.08. The number of rotatable bonds is 2. The first-order valence-electron chi connectivity index (χ1n) is 4.98. The predicted octanol–water partition coefficient (Wildman–Crippen LogP) is 3.08. The molecule has 6 heteroatoms. The van der Waals surface area contributed by atoms with Crippen LogP contribution in [0.3, 0.4) is 0 Å². The molecule has 0 bridgehead atoms. The standard InChI is InChI=1S/C11H14ClN3O2/c1-11(2,3)17-10(16)15-8-4-9(12)14-6-7(8)5-13/h4-6,13H,1-3H3,(H,14,15,16). The van der Waals surface area contributed by atoms with E-state index in [1.807, 2.05) is 0 Å². The van der Waals surface area contributed by atoms with Crippen molar-refractivity contribution in [2.75, 3.05) is 5.32 Å². The molecule has 1 aromatic heterocycles. The van der Waals surface area contributed by atoms with Crippen LogP contribution in [0, 0.1) is 5.41 Å². The first-order chi connectivity index (χ1) is 7.81. The Bertz CT molecular complexity index is 441. The predicted molar refractivity (Wildman–Crippen MR) is 67.0 cm³/mol. The van der Waals surface area contributed by atoms with Gasteiger partial charge in [0.2, 0.25) is 0 Å². The summed E-state index contributed by atoms with van der Waals surface area (Å²) >= 11 is 5.71. The lowest BCUT2D eigenvalue weighted by Crippen LogP contribution is -2.27. The number of carbonyl (C=O) groups is 1. The van der Waals surface area contributed by atoms with Gasteiger partial charge in [-0.2, -0.15) is 0 Å². The van der Waals surface area contributed by atoms with Crippen molar-refractivity contribution in [2.45, 2.75) is 26.4 Å². The molecule has 0 aliphatic rings. The van der Waals surface area contributed by atoms with Crippen molar-refractivity contribution in [3.05, 3.63) is 23.0 Å². The molecule has 0 aliphatic heterocycles. The molecule has 0 atom stereocenters. The fraction of sp³-hybridized carbons (Fsp3) is 0.364. The summed E-state index contributed by atoms with van der Waals surface area (Å²) in [6.45, 7) is 5.30. The molecule has 0 unspecified atom stereocenters. The van der Waals surface area contributed by atoms with Gasteiger partial charge in [0.05, 0.1) is 5.69 Å². The summed E-state index contributed by atoms with van der Waals surface area (Å²) in [5.41, 5.74) is 0.278. The second kappa shape index (κ2) is 5.14. The SMILES string of the molecule is CC(C)(C)OC(=O)Nc1cc(Cl)ncc1C=N. The molecule has 0 aliphatic carbocycles. The first kappa shape index (κ1) is 13.4. The second-order valence-corrected chi connectivity index (χ2v) is 4.75.